The van der Waals surface area contributed by atoms with E-state index in [0.717, 1.165) is 5.56 Å². The molecule has 0 spiro atoms. The number of benzene rings is 1. The number of amides is 1. The normalized spacial score (nSPS) is 10.4. The van der Waals surface area contributed by atoms with E-state index in [1.54, 1.807) is 0 Å². The van der Waals surface area contributed by atoms with Crippen molar-refractivity contribution in [3.05, 3.63) is 35.4 Å². The zero-order valence-electron chi connectivity index (χ0n) is 9.71. The quantitative estimate of drug-likeness (QED) is 0.808. The van der Waals surface area contributed by atoms with Gasteiger partial charge in [-0.25, -0.2) is 0 Å². The van der Waals surface area contributed by atoms with Gasteiger partial charge in [0.25, 0.3) is 0 Å². The minimum Gasteiger partial charge on any atom is -0.356 e. The van der Waals surface area contributed by atoms with Crippen LogP contribution in [0.25, 0.3) is 0 Å². The first kappa shape index (κ1) is 11.8. The summed E-state index contributed by atoms with van der Waals surface area (Å²) in [4.78, 5) is 11.5. The van der Waals surface area contributed by atoms with E-state index in [1.165, 1.54) is 5.56 Å². The van der Waals surface area contributed by atoms with Crippen molar-refractivity contribution in [2.45, 2.75) is 33.1 Å². The van der Waals surface area contributed by atoms with E-state index in [0.29, 0.717) is 18.9 Å². The van der Waals surface area contributed by atoms with Gasteiger partial charge in [0.15, 0.2) is 0 Å². The first-order chi connectivity index (χ1) is 7.15. The maximum atomic E-state index is 11.5. The van der Waals surface area contributed by atoms with Gasteiger partial charge in [-0.3, -0.25) is 4.79 Å². The maximum Gasteiger partial charge on any atom is 0.224 e. The Morgan fingerprint density at radius 3 is 2.67 bits per heavy atom. The average Bonchev–Trinajstić information content (AvgIpc) is 2.18. The lowest BCUT2D eigenvalue weighted by Crippen LogP contribution is -2.24. The highest BCUT2D eigenvalue weighted by Gasteiger charge is 2.08. The van der Waals surface area contributed by atoms with Crippen molar-refractivity contribution in [2.24, 2.45) is 0 Å². The van der Waals surface area contributed by atoms with Gasteiger partial charge in [0.05, 0.1) is 6.42 Å². The van der Waals surface area contributed by atoms with E-state index < -0.39 is 0 Å². The number of carbonyl (C=O) groups is 1. The Kier molecular flexibility index (Phi) is 4.35. The van der Waals surface area contributed by atoms with Crippen LogP contribution in [0.1, 0.15) is 39.2 Å². The molecule has 84 valence electrons. The molecule has 1 rings (SSSR count). The molecule has 1 aromatic rings. The molecule has 1 amide bonds. The van der Waals surface area contributed by atoms with Gasteiger partial charge in [-0.2, -0.15) is 0 Å². The van der Waals surface area contributed by atoms with Gasteiger partial charge in [-0.15, -0.1) is 0 Å². The molecule has 0 saturated carbocycles. The molecule has 0 unspecified atom stereocenters. The topological polar surface area (TPSA) is 29.1 Å². The Bertz CT molecular complexity index is 336. The van der Waals surface area contributed by atoms with Crippen LogP contribution in [0, 0.1) is 0 Å². The lowest BCUT2D eigenvalue weighted by Gasteiger charge is -2.12. The van der Waals surface area contributed by atoms with Crippen LogP contribution in [0.3, 0.4) is 0 Å². The van der Waals surface area contributed by atoms with Crippen LogP contribution in [0.5, 0.6) is 0 Å². The van der Waals surface area contributed by atoms with Crippen molar-refractivity contribution in [3.63, 3.8) is 0 Å². The third-order valence-corrected chi connectivity index (χ3v) is 2.40. The number of rotatable bonds is 4. The molecule has 1 aromatic carbocycles. The summed E-state index contributed by atoms with van der Waals surface area (Å²) in [5.74, 6) is 0.571. The molecule has 0 atom stereocenters. The van der Waals surface area contributed by atoms with Gasteiger partial charge in [0, 0.05) is 7.97 Å². The van der Waals surface area contributed by atoms with Crippen LogP contribution in [-0.4, -0.2) is 12.5 Å². The molecule has 15 heavy (non-hydrogen) atoms. The molecule has 0 aliphatic carbocycles. The fourth-order valence-corrected chi connectivity index (χ4v) is 1.69. The minimum absolute atomic E-state index is 0. The van der Waals surface area contributed by atoms with Crippen LogP contribution < -0.4 is 5.32 Å². The second-order valence-electron chi connectivity index (χ2n) is 3.98. The van der Waals surface area contributed by atoms with Crippen LogP contribution in [0.15, 0.2) is 24.3 Å². The summed E-state index contributed by atoms with van der Waals surface area (Å²) >= 11 is 0. The van der Waals surface area contributed by atoms with E-state index in [9.17, 15) is 4.79 Å². The Balaban J connectivity index is 0.00000225. The predicted octanol–water partition coefficient (Wildman–Crippen LogP) is 2.73. The molecule has 2 heteroatoms. The number of hydrogen-bond donors (Lipinski definition) is 1. The van der Waals surface area contributed by atoms with Crippen LogP contribution >= 0.6 is 0 Å². The summed E-state index contributed by atoms with van der Waals surface area (Å²) in [6.45, 7) is 6.93. The molecule has 0 aromatic heterocycles. The molecule has 0 bridgehead atoms. The third-order valence-electron chi connectivity index (χ3n) is 2.40. The van der Waals surface area contributed by atoms with Crippen molar-refractivity contribution >= 4 is 5.91 Å². The van der Waals surface area contributed by atoms with Crippen LogP contribution in [-0.2, 0) is 11.2 Å². The molecule has 0 aliphatic heterocycles. The van der Waals surface area contributed by atoms with E-state index in [4.69, 9.17) is 0 Å². The van der Waals surface area contributed by atoms with Gasteiger partial charge in [0.2, 0.25) is 5.91 Å². The third kappa shape index (κ3) is 3.39. The van der Waals surface area contributed by atoms with E-state index >= 15 is 0 Å². The smallest absolute Gasteiger partial charge is 0.224 e. The standard InChI is InChI=1S/C13H19NO.H2/c1-4-14-13(15)9-11-7-5-6-8-12(11)10(2)3;/h5-8,10H,4,9H2,1-3H3,(H,14,15);1H. The Morgan fingerprint density at radius 1 is 1.40 bits per heavy atom. The second-order valence-corrected chi connectivity index (χ2v) is 3.98. The molecule has 0 saturated heterocycles. The lowest BCUT2D eigenvalue weighted by molar-refractivity contribution is -0.120. The van der Waals surface area contributed by atoms with E-state index in [-0.39, 0.29) is 7.33 Å². The monoisotopic (exact) mass is 207 g/mol. The Labute approximate surface area is 93.2 Å². The fraction of sp³-hybridized carbons (Fsp3) is 0.462. The van der Waals surface area contributed by atoms with Crippen molar-refractivity contribution in [2.75, 3.05) is 6.54 Å². The Hall–Kier alpha value is -1.31. The maximum absolute atomic E-state index is 11.5. The van der Waals surface area contributed by atoms with Crippen LogP contribution in [0.4, 0.5) is 0 Å². The van der Waals surface area contributed by atoms with E-state index in [2.05, 4.69) is 25.2 Å². The molecular formula is C13H21NO. The highest BCUT2D eigenvalue weighted by Crippen LogP contribution is 2.19. The molecular weight excluding hydrogens is 186 g/mol. The van der Waals surface area contributed by atoms with Gasteiger partial charge in [-0.1, -0.05) is 38.1 Å². The summed E-state index contributed by atoms with van der Waals surface area (Å²) < 4.78 is 0. The largest absolute Gasteiger partial charge is 0.356 e. The molecule has 2 nitrogen and oxygen atoms in total. The lowest BCUT2D eigenvalue weighted by atomic mass is 9.95. The summed E-state index contributed by atoms with van der Waals surface area (Å²) in [5, 5.41) is 2.82. The number of hydrogen-bond acceptors (Lipinski definition) is 1. The highest BCUT2D eigenvalue weighted by molar-refractivity contribution is 5.78. The summed E-state index contributed by atoms with van der Waals surface area (Å²) in [6.07, 6.45) is 0.488. The first-order valence-electron chi connectivity index (χ1n) is 5.49. The van der Waals surface area contributed by atoms with Gasteiger partial charge >= 0.3 is 0 Å². The van der Waals surface area contributed by atoms with Crippen molar-refractivity contribution in [1.29, 1.82) is 0 Å². The molecule has 0 aliphatic rings. The first-order valence-corrected chi connectivity index (χ1v) is 5.49. The summed E-state index contributed by atoms with van der Waals surface area (Å²) in [6, 6.07) is 8.14. The Morgan fingerprint density at radius 2 is 2.07 bits per heavy atom. The molecule has 0 radical (unpaired) electrons. The molecule has 0 heterocycles. The zero-order chi connectivity index (χ0) is 11.3. The minimum atomic E-state index is 0. The van der Waals surface area contributed by atoms with Crippen molar-refractivity contribution in [3.8, 4) is 0 Å². The SMILES string of the molecule is CCNC(=O)Cc1ccccc1C(C)C.[HH]. The van der Waals surface area contributed by atoms with Crippen molar-refractivity contribution < 1.29 is 6.22 Å². The fourth-order valence-electron chi connectivity index (χ4n) is 1.69. The average molecular weight is 207 g/mol. The predicted molar refractivity (Wildman–Crippen MR) is 65.0 cm³/mol. The van der Waals surface area contributed by atoms with Gasteiger partial charge in [0.1, 0.15) is 0 Å². The van der Waals surface area contributed by atoms with Gasteiger partial charge < -0.3 is 5.32 Å². The molecule has 1 N–H and O–H groups in total. The number of nitrogens with one attached hydrogen (secondary N) is 1. The number of carbonyl (C=O) groups excluding carboxylic acids is 1. The van der Waals surface area contributed by atoms with E-state index in [1.807, 2.05) is 25.1 Å². The van der Waals surface area contributed by atoms with Crippen molar-refractivity contribution in [1.82, 2.24) is 5.32 Å². The molecule has 0 fully saturated rings. The summed E-state index contributed by atoms with van der Waals surface area (Å²) in [5.41, 5.74) is 2.40. The van der Waals surface area contributed by atoms with Crippen LogP contribution in [0.2, 0.25) is 0 Å². The zero-order valence-corrected chi connectivity index (χ0v) is 9.71. The summed E-state index contributed by atoms with van der Waals surface area (Å²) in [7, 11) is 0. The number of likely N-dealkylation sites (N-methyl/N-ethyl adjacent to an activating group) is 1. The second kappa shape index (κ2) is 5.54. The van der Waals surface area contributed by atoms with Gasteiger partial charge in [-0.05, 0) is 24.0 Å². The highest BCUT2D eigenvalue weighted by atomic mass is 16.1.